The van der Waals surface area contributed by atoms with Crippen molar-refractivity contribution in [1.29, 1.82) is 0 Å². The first-order valence-electron chi connectivity index (χ1n) is 11.1. The van der Waals surface area contributed by atoms with Gasteiger partial charge < -0.3 is 9.88 Å². The molecule has 2 aromatic carbocycles. The molecule has 33 heavy (non-hydrogen) atoms. The minimum absolute atomic E-state index is 0.160. The molecule has 2 aliphatic heterocycles. The van der Waals surface area contributed by atoms with E-state index in [9.17, 15) is 14.4 Å². The number of H-pyrrole nitrogens is 1. The maximum atomic E-state index is 13.7. The number of aromatic nitrogens is 1. The van der Waals surface area contributed by atoms with E-state index in [1.165, 1.54) is 16.7 Å². The molecule has 1 fully saturated rings. The lowest BCUT2D eigenvalue weighted by molar-refractivity contribution is -0.122. The Kier molecular flexibility index (Phi) is 5.66. The minimum atomic E-state index is -0.566. The number of anilines is 2. The Balaban J connectivity index is 1.59. The molecular formula is C25H25N3O3S2. The van der Waals surface area contributed by atoms with Gasteiger partial charge >= 0.3 is 4.87 Å². The summed E-state index contributed by atoms with van der Waals surface area (Å²) in [5, 5.41) is 0.139. The van der Waals surface area contributed by atoms with Gasteiger partial charge in [-0.1, -0.05) is 52.9 Å². The molecule has 8 heteroatoms. The van der Waals surface area contributed by atoms with Gasteiger partial charge in [0.25, 0.3) is 0 Å². The van der Waals surface area contributed by atoms with Crippen molar-refractivity contribution in [2.24, 2.45) is 5.92 Å². The number of rotatable bonds is 5. The number of carbonyl (C=O) groups excluding carboxylic acids is 2. The predicted octanol–water partition coefficient (Wildman–Crippen LogP) is 4.39. The van der Waals surface area contributed by atoms with E-state index in [2.05, 4.69) is 35.9 Å². The molecule has 1 aromatic heterocycles. The molecule has 2 amide bonds. The fraction of sp³-hybridized carbons (Fsp3) is 0.320. The summed E-state index contributed by atoms with van der Waals surface area (Å²) >= 11 is 2.45. The predicted molar refractivity (Wildman–Crippen MR) is 134 cm³/mol. The number of imide groups is 1. The van der Waals surface area contributed by atoms with Gasteiger partial charge in [0, 0.05) is 29.6 Å². The maximum absolute atomic E-state index is 13.7. The number of aryl methyl sites for hydroxylation is 1. The molecule has 170 valence electrons. The van der Waals surface area contributed by atoms with Crippen molar-refractivity contribution >= 4 is 46.3 Å². The summed E-state index contributed by atoms with van der Waals surface area (Å²) in [5.74, 6) is -1.32. The van der Waals surface area contributed by atoms with Crippen molar-refractivity contribution in [3.05, 3.63) is 74.2 Å². The van der Waals surface area contributed by atoms with Crippen LogP contribution in [0.1, 0.15) is 35.8 Å². The lowest BCUT2D eigenvalue weighted by atomic mass is 9.83. The number of nitrogens with one attached hydrogen (secondary N) is 1. The van der Waals surface area contributed by atoms with E-state index in [4.69, 9.17) is 0 Å². The van der Waals surface area contributed by atoms with E-state index < -0.39 is 11.2 Å². The highest BCUT2D eigenvalue weighted by Crippen LogP contribution is 2.53. The van der Waals surface area contributed by atoms with E-state index >= 15 is 0 Å². The van der Waals surface area contributed by atoms with Crippen LogP contribution in [0.25, 0.3) is 0 Å². The molecule has 2 unspecified atom stereocenters. The van der Waals surface area contributed by atoms with Crippen molar-refractivity contribution in [3.63, 3.8) is 0 Å². The van der Waals surface area contributed by atoms with Crippen LogP contribution in [0.3, 0.4) is 0 Å². The molecule has 2 aliphatic rings. The lowest BCUT2D eigenvalue weighted by Gasteiger charge is -2.30. The summed E-state index contributed by atoms with van der Waals surface area (Å²) in [4.78, 5) is 46.5. The van der Waals surface area contributed by atoms with E-state index in [0.717, 1.165) is 46.1 Å². The van der Waals surface area contributed by atoms with Crippen LogP contribution >= 0.6 is 23.1 Å². The van der Waals surface area contributed by atoms with Gasteiger partial charge in [0.15, 0.2) is 0 Å². The maximum Gasteiger partial charge on any atom is 0.305 e. The highest BCUT2D eigenvalue weighted by Gasteiger charge is 2.56. The molecule has 0 bridgehead atoms. The summed E-state index contributed by atoms with van der Waals surface area (Å²) in [5.41, 5.74) is 3.72. The Morgan fingerprint density at radius 2 is 1.61 bits per heavy atom. The van der Waals surface area contributed by atoms with Crippen LogP contribution in [-0.4, -0.2) is 35.1 Å². The van der Waals surface area contributed by atoms with E-state index in [-0.39, 0.29) is 22.6 Å². The van der Waals surface area contributed by atoms with Crippen molar-refractivity contribution in [1.82, 2.24) is 4.98 Å². The van der Waals surface area contributed by atoms with E-state index in [0.29, 0.717) is 10.7 Å². The zero-order chi connectivity index (χ0) is 23.3. The molecule has 0 radical (unpaired) electrons. The molecule has 3 aromatic rings. The summed E-state index contributed by atoms with van der Waals surface area (Å²) in [6.45, 7) is 8.02. The van der Waals surface area contributed by atoms with Gasteiger partial charge in [-0.05, 0) is 50.6 Å². The summed E-state index contributed by atoms with van der Waals surface area (Å²) in [6, 6.07) is 15.6. The van der Waals surface area contributed by atoms with Crippen LogP contribution in [-0.2, 0) is 9.59 Å². The summed E-state index contributed by atoms with van der Waals surface area (Å²) in [6.07, 6.45) is 0. The van der Waals surface area contributed by atoms with Crippen LogP contribution in [0.15, 0.2) is 58.4 Å². The van der Waals surface area contributed by atoms with Crippen LogP contribution in [0.2, 0.25) is 0 Å². The van der Waals surface area contributed by atoms with E-state index in [1.807, 2.05) is 43.3 Å². The number of thioether (sulfide) groups is 1. The highest BCUT2D eigenvalue weighted by molar-refractivity contribution is 8.00. The van der Waals surface area contributed by atoms with Gasteiger partial charge in [-0.25, -0.2) is 4.90 Å². The Morgan fingerprint density at radius 3 is 2.24 bits per heavy atom. The molecule has 6 nitrogen and oxygen atoms in total. The quantitative estimate of drug-likeness (QED) is 0.550. The Morgan fingerprint density at radius 1 is 0.939 bits per heavy atom. The molecule has 0 spiro atoms. The Hall–Kier alpha value is -2.84. The first-order valence-corrected chi connectivity index (χ1v) is 12.8. The topological polar surface area (TPSA) is 73.5 Å². The number of carbonyl (C=O) groups is 2. The minimum Gasteiger partial charge on any atom is -0.372 e. The van der Waals surface area contributed by atoms with Crippen molar-refractivity contribution < 1.29 is 9.59 Å². The number of amides is 2. The largest absolute Gasteiger partial charge is 0.372 e. The third-order valence-electron chi connectivity index (χ3n) is 6.50. The van der Waals surface area contributed by atoms with Crippen molar-refractivity contribution in [2.75, 3.05) is 22.9 Å². The number of nitrogens with zero attached hydrogens (tertiary/aromatic N) is 2. The average molecular weight is 480 g/mol. The third-order valence-corrected chi connectivity index (χ3v) is 8.90. The van der Waals surface area contributed by atoms with Crippen LogP contribution in [0.4, 0.5) is 11.4 Å². The summed E-state index contributed by atoms with van der Waals surface area (Å²) < 4.78 is 0. The smallest absolute Gasteiger partial charge is 0.305 e. The fourth-order valence-electron chi connectivity index (χ4n) is 4.81. The highest BCUT2D eigenvalue weighted by atomic mass is 32.2. The van der Waals surface area contributed by atoms with Gasteiger partial charge in [0.05, 0.1) is 16.6 Å². The normalized spacial score (nSPS) is 21.8. The Labute approximate surface area is 200 Å². The molecule has 5 rings (SSSR count). The van der Waals surface area contributed by atoms with Crippen molar-refractivity contribution in [2.45, 2.75) is 37.0 Å². The first-order chi connectivity index (χ1) is 15.9. The average Bonchev–Trinajstić information content (AvgIpc) is 3.30. The second kappa shape index (κ2) is 8.50. The van der Waals surface area contributed by atoms with Crippen molar-refractivity contribution in [3.8, 4) is 0 Å². The van der Waals surface area contributed by atoms with E-state index in [1.54, 1.807) is 0 Å². The second-order valence-corrected chi connectivity index (χ2v) is 10.5. The number of hydrogen-bond acceptors (Lipinski definition) is 6. The SMILES string of the molecule is CCN(CC)c1ccc([C@H]2c3sc(=O)[nH]c3SC3C(=O)N(c4ccc(C)cc4)C(=O)C32)cc1. The van der Waals surface area contributed by atoms with Gasteiger partial charge in [-0.2, -0.15) is 0 Å². The number of hydrogen-bond donors (Lipinski definition) is 1. The first kappa shape index (κ1) is 22.0. The molecule has 1 saturated heterocycles. The van der Waals surface area contributed by atoms with Gasteiger partial charge in [0.1, 0.15) is 5.25 Å². The number of thiazole rings is 1. The molecule has 0 saturated carbocycles. The second-order valence-electron chi connectivity index (χ2n) is 8.36. The summed E-state index contributed by atoms with van der Waals surface area (Å²) in [7, 11) is 0. The zero-order valence-electron chi connectivity index (χ0n) is 18.7. The fourth-order valence-corrected chi connectivity index (χ4v) is 7.32. The standard InChI is InChI=1S/C25H25N3O3S2/c1-4-27(5-2)16-12-8-15(9-13-16)18-19-21(32-22-20(18)33-25(31)26-22)24(30)28(23(19)29)17-10-6-14(3)7-11-17/h6-13,18-19,21H,4-5H2,1-3H3,(H,26,31)/t18-,19?,21?/m1/s1. The molecule has 3 atom stereocenters. The molecule has 1 N–H and O–H groups in total. The zero-order valence-corrected chi connectivity index (χ0v) is 20.3. The number of fused-ring (bicyclic) bond motifs is 2. The van der Waals surface area contributed by atoms with Gasteiger partial charge in [-0.15, -0.1) is 0 Å². The third kappa shape index (κ3) is 3.61. The lowest BCUT2D eigenvalue weighted by Crippen LogP contribution is -2.32. The molecule has 3 heterocycles. The van der Waals surface area contributed by atoms with Crippen LogP contribution < -0.4 is 14.7 Å². The molecule has 0 aliphatic carbocycles. The monoisotopic (exact) mass is 479 g/mol. The van der Waals surface area contributed by atoms with Gasteiger partial charge in [0.2, 0.25) is 11.8 Å². The van der Waals surface area contributed by atoms with Gasteiger partial charge in [-0.3, -0.25) is 14.4 Å². The Bertz CT molecular complexity index is 1260. The van der Waals surface area contributed by atoms with Crippen LogP contribution in [0.5, 0.6) is 0 Å². The number of aromatic amines is 1. The van der Waals surface area contributed by atoms with Crippen LogP contribution in [0, 0.1) is 12.8 Å². The number of benzene rings is 2. The molecular weight excluding hydrogens is 454 g/mol.